The highest BCUT2D eigenvalue weighted by Crippen LogP contribution is 2.18. The monoisotopic (exact) mass is 204 g/mol. The van der Waals surface area contributed by atoms with E-state index in [0.29, 0.717) is 6.54 Å². The molecule has 0 fully saturated rings. The van der Waals surface area contributed by atoms with E-state index >= 15 is 0 Å². The molecule has 0 radical (unpaired) electrons. The van der Waals surface area contributed by atoms with Crippen molar-refractivity contribution in [1.29, 1.82) is 5.26 Å². The first kappa shape index (κ1) is 11.7. The van der Waals surface area contributed by atoms with Crippen molar-refractivity contribution >= 4 is 0 Å². The molecule has 1 rings (SSSR count). The van der Waals surface area contributed by atoms with Crippen LogP contribution in [0.2, 0.25) is 0 Å². The number of hydrogen-bond donors (Lipinski definition) is 1. The molecule has 0 saturated heterocycles. The van der Waals surface area contributed by atoms with Gasteiger partial charge in [-0.15, -0.1) is 0 Å². The van der Waals surface area contributed by atoms with Crippen LogP contribution in [0.4, 0.5) is 0 Å². The number of benzene rings is 1. The molecule has 0 aromatic heterocycles. The number of nitriles is 1. The predicted molar refractivity (Wildman–Crippen MR) is 59.2 cm³/mol. The van der Waals surface area contributed by atoms with Crippen LogP contribution in [0.1, 0.15) is 17.2 Å². The van der Waals surface area contributed by atoms with Crippen LogP contribution in [0.15, 0.2) is 24.3 Å². The van der Waals surface area contributed by atoms with Gasteiger partial charge in [-0.1, -0.05) is 29.8 Å². The summed E-state index contributed by atoms with van der Waals surface area (Å²) in [6, 6.07) is 9.85. The van der Waals surface area contributed by atoms with Crippen molar-refractivity contribution in [3.8, 4) is 6.07 Å². The number of nitrogens with zero attached hydrogens (tertiary/aromatic N) is 2. The van der Waals surface area contributed by atoms with Crippen LogP contribution >= 0.6 is 0 Å². The van der Waals surface area contributed by atoms with Crippen LogP contribution < -0.4 is 0 Å². The Morgan fingerprint density at radius 3 is 2.47 bits per heavy atom. The SMILES string of the molecule is Cc1ccc(C(C#N)N(C)CCO)cc1. The van der Waals surface area contributed by atoms with E-state index in [1.165, 1.54) is 5.56 Å². The summed E-state index contributed by atoms with van der Waals surface area (Å²) in [5.74, 6) is 0. The fourth-order valence-corrected chi connectivity index (χ4v) is 1.46. The lowest BCUT2D eigenvalue weighted by Gasteiger charge is -2.21. The lowest BCUT2D eigenvalue weighted by Crippen LogP contribution is -2.26. The van der Waals surface area contributed by atoms with E-state index in [1.807, 2.05) is 43.1 Å². The average molecular weight is 204 g/mol. The second kappa shape index (κ2) is 5.50. The van der Waals surface area contributed by atoms with Gasteiger partial charge < -0.3 is 5.11 Å². The van der Waals surface area contributed by atoms with Crippen molar-refractivity contribution in [2.45, 2.75) is 13.0 Å². The molecular weight excluding hydrogens is 188 g/mol. The van der Waals surface area contributed by atoms with Crippen molar-refractivity contribution in [1.82, 2.24) is 4.90 Å². The first-order valence-corrected chi connectivity index (χ1v) is 4.96. The molecule has 1 aromatic rings. The Morgan fingerprint density at radius 1 is 1.40 bits per heavy atom. The standard InChI is InChI=1S/C12H16N2O/c1-10-3-5-11(6-4-10)12(9-13)14(2)7-8-15/h3-6,12,15H,7-8H2,1-2H3. The molecule has 1 atom stereocenters. The Morgan fingerprint density at radius 2 is 2.00 bits per heavy atom. The number of aliphatic hydroxyl groups is 1. The van der Waals surface area contributed by atoms with Crippen molar-refractivity contribution in [3.05, 3.63) is 35.4 Å². The van der Waals surface area contributed by atoms with Gasteiger partial charge in [0.15, 0.2) is 0 Å². The molecule has 1 N–H and O–H groups in total. The van der Waals surface area contributed by atoms with E-state index in [0.717, 1.165) is 5.56 Å². The predicted octanol–water partition coefficient (Wildman–Crippen LogP) is 1.48. The van der Waals surface area contributed by atoms with E-state index in [1.54, 1.807) is 0 Å². The Bertz CT molecular complexity index is 340. The van der Waals surface area contributed by atoms with Crippen LogP contribution in [0.25, 0.3) is 0 Å². The van der Waals surface area contributed by atoms with E-state index in [9.17, 15) is 0 Å². The van der Waals surface area contributed by atoms with E-state index in [-0.39, 0.29) is 12.6 Å². The van der Waals surface area contributed by atoms with Crippen molar-refractivity contribution in [2.24, 2.45) is 0 Å². The molecule has 3 nitrogen and oxygen atoms in total. The summed E-state index contributed by atoms with van der Waals surface area (Å²) < 4.78 is 0. The molecule has 0 heterocycles. The zero-order valence-electron chi connectivity index (χ0n) is 9.14. The van der Waals surface area contributed by atoms with Crippen LogP contribution in [-0.2, 0) is 0 Å². The van der Waals surface area contributed by atoms with Gasteiger partial charge in [0.2, 0.25) is 0 Å². The fraction of sp³-hybridized carbons (Fsp3) is 0.417. The highest BCUT2D eigenvalue weighted by Gasteiger charge is 2.15. The van der Waals surface area contributed by atoms with Gasteiger partial charge in [0.1, 0.15) is 6.04 Å². The highest BCUT2D eigenvalue weighted by atomic mass is 16.3. The molecule has 0 amide bonds. The maximum absolute atomic E-state index is 9.07. The lowest BCUT2D eigenvalue weighted by atomic mass is 10.1. The highest BCUT2D eigenvalue weighted by molar-refractivity contribution is 5.27. The van der Waals surface area contributed by atoms with Crippen LogP contribution in [-0.4, -0.2) is 30.2 Å². The number of aryl methyl sites for hydroxylation is 1. The van der Waals surface area contributed by atoms with Crippen molar-refractivity contribution < 1.29 is 5.11 Å². The molecule has 1 aromatic carbocycles. The Balaban J connectivity index is 2.84. The van der Waals surface area contributed by atoms with Gasteiger partial charge in [-0.2, -0.15) is 5.26 Å². The molecule has 1 unspecified atom stereocenters. The summed E-state index contributed by atoms with van der Waals surface area (Å²) in [7, 11) is 1.84. The minimum atomic E-state index is -0.280. The molecule has 0 aliphatic heterocycles. The van der Waals surface area contributed by atoms with Crippen molar-refractivity contribution in [3.63, 3.8) is 0 Å². The summed E-state index contributed by atoms with van der Waals surface area (Å²) in [6.07, 6.45) is 0. The smallest absolute Gasteiger partial charge is 0.123 e. The average Bonchev–Trinajstić information content (AvgIpc) is 2.22. The molecular formula is C12H16N2O. The largest absolute Gasteiger partial charge is 0.395 e. The quantitative estimate of drug-likeness (QED) is 0.808. The maximum atomic E-state index is 9.07. The van der Waals surface area contributed by atoms with Crippen molar-refractivity contribution in [2.75, 3.05) is 20.2 Å². The zero-order valence-corrected chi connectivity index (χ0v) is 9.14. The summed E-state index contributed by atoms with van der Waals surface area (Å²) in [5, 5.41) is 17.9. The number of likely N-dealkylation sites (N-methyl/N-ethyl adjacent to an activating group) is 1. The molecule has 0 aliphatic rings. The number of hydrogen-bond acceptors (Lipinski definition) is 3. The van der Waals surface area contributed by atoms with Crippen LogP contribution in [0.5, 0.6) is 0 Å². The van der Waals surface area contributed by atoms with E-state index in [4.69, 9.17) is 10.4 Å². The van der Waals surface area contributed by atoms with E-state index < -0.39 is 0 Å². The van der Waals surface area contributed by atoms with E-state index in [2.05, 4.69) is 6.07 Å². The third-order valence-corrected chi connectivity index (χ3v) is 2.41. The second-order valence-electron chi connectivity index (χ2n) is 3.65. The molecule has 80 valence electrons. The first-order valence-electron chi connectivity index (χ1n) is 4.96. The normalized spacial score (nSPS) is 12.5. The van der Waals surface area contributed by atoms with Gasteiger partial charge in [-0.05, 0) is 19.5 Å². The van der Waals surface area contributed by atoms with Crippen LogP contribution in [0, 0.1) is 18.3 Å². The molecule has 0 bridgehead atoms. The number of rotatable bonds is 4. The third-order valence-electron chi connectivity index (χ3n) is 2.41. The summed E-state index contributed by atoms with van der Waals surface area (Å²) in [6.45, 7) is 2.59. The van der Waals surface area contributed by atoms with Gasteiger partial charge in [0.05, 0.1) is 12.7 Å². The molecule has 0 saturated carbocycles. The zero-order chi connectivity index (χ0) is 11.3. The van der Waals surface area contributed by atoms with Gasteiger partial charge in [0.25, 0.3) is 0 Å². The Hall–Kier alpha value is -1.37. The molecule has 3 heteroatoms. The fourth-order valence-electron chi connectivity index (χ4n) is 1.46. The minimum absolute atomic E-state index is 0.0700. The summed E-state index contributed by atoms with van der Waals surface area (Å²) in [4.78, 5) is 1.84. The van der Waals surface area contributed by atoms with Gasteiger partial charge in [0, 0.05) is 6.54 Å². The van der Waals surface area contributed by atoms with Gasteiger partial charge in [-0.3, -0.25) is 4.90 Å². The topological polar surface area (TPSA) is 47.3 Å². The number of aliphatic hydroxyl groups excluding tert-OH is 1. The summed E-state index contributed by atoms with van der Waals surface area (Å²) in [5.41, 5.74) is 2.15. The van der Waals surface area contributed by atoms with Gasteiger partial charge in [-0.25, -0.2) is 0 Å². The Labute approximate surface area is 90.6 Å². The lowest BCUT2D eigenvalue weighted by molar-refractivity contribution is 0.203. The molecule has 0 spiro atoms. The third kappa shape index (κ3) is 3.05. The summed E-state index contributed by atoms with van der Waals surface area (Å²) >= 11 is 0. The minimum Gasteiger partial charge on any atom is -0.395 e. The maximum Gasteiger partial charge on any atom is 0.123 e. The molecule has 0 aliphatic carbocycles. The first-order chi connectivity index (χ1) is 7.19. The van der Waals surface area contributed by atoms with Gasteiger partial charge >= 0.3 is 0 Å². The van der Waals surface area contributed by atoms with Crippen LogP contribution in [0.3, 0.4) is 0 Å². The molecule has 15 heavy (non-hydrogen) atoms. The second-order valence-corrected chi connectivity index (χ2v) is 3.65. The Kier molecular flexibility index (Phi) is 4.29.